The first-order valence-electron chi connectivity index (χ1n) is 7.24. The molecular formula is C18H19BrO. The molecule has 1 unspecified atom stereocenters. The molecule has 2 aromatic rings. The van der Waals surface area contributed by atoms with E-state index in [1.165, 1.54) is 41.5 Å². The Hall–Kier alpha value is -1.12. The number of aliphatic hydroxyl groups is 1. The predicted octanol–water partition coefficient (Wildman–Crippen LogP) is 4.26. The van der Waals surface area contributed by atoms with Gasteiger partial charge in [-0.2, -0.15) is 0 Å². The number of fused-ring (bicyclic) bond motifs is 1. The average Bonchev–Trinajstić information content (AvgIpc) is 2.93. The van der Waals surface area contributed by atoms with Crippen LogP contribution in [0.1, 0.15) is 34.6 Å². The van der Waals surface area contributed by atoms with Crippen LogP contribution in [0.5, 0.6) is 0 Å². The van der Waals surface area contributed by atoms with Crippen LogP contribution in [-0.4, -0.2) is 11.7 Å². The van der Waals surface area contributed by atoms with Gasteiger partial charge in [0, 0.05) is 10.4 Å². The molecule has 2 aromatic carbocycles. The number of aryl methyl sites for hydroxylation is 2. The van der Waals surface area contributed by atoms with Crippen molar-refractivity contribution < 1.29 is 5.11 Å². The zero-order chi connectivity index (χ0) is 13.9. The molecule has 0 bridgehead atoms. The largest absolute Gasteiger partial charge is 0.396 e. The lowest BCUT2D eigenvalue weighted by atomic mass is 9.91. The Kier molecular flexibility index (Phi) is 4.23. The van der Waals surface area contributed by atoms with Crippen LogP contribution in [0.25, 0.3) is 0 Å². The highest BCUT2D eigenvalue weighted by Gasteiger charge is 2.16. The maximum atomic E-state index is 9.74. The van der Waals surface area contributed by atoms with Gasteiger partial charge < -0.3 is 5.11 Å². The monoisotopic (exact) mass is 330 g/mol. The normalized spacial score (nSPS) is 15.1. The lowest BCUT2D eigenvalue weighted by Gasteiger charge is -2.17. The van der Waals surface area contributed by atoms with Crippen molar-refractivity contribution in [3.05, 3.63) is 69.2 Å². The molecular weight excluding hydrogens is 312 g/mol. The zero-order valence-corrected chi connectivity index (χ0v) is 13.1. The summed E-state index contributed by atoms with van der Waals surface area (Å²) in [5.74, 6) is 0.157. The summed E-state index contributed by atoms with van der Waals surface area (Å²) < 4.78 is 1.08. The topological polar surface area (TPSA) is 20.2 Å². The quantitative estimate of drug-likeness (QED) is 0.888. The Morgan fingerprint density at radius 3 is 2.65 bits per heavy atom. The van der Waals surface area contributed by atoms with Crippen molar-refractivity contribution in [3.63, 3.8) is 0 Å². The fraction of sp³-hybridized carbons (Fsp3) is 0.333. The average molecular weight is 331 g/mol. The summed E-state index contributed by atoms with van der Waals surface area (Å²) in [6.45, 7) is 0.180. The van der Waals surface area contributed by atoms with E-state index in [2.05, 4.69) is 40.2 Å². The number of halogens is 1. The molecule has 3 rings (SSSR count). The molecule has 0 aromatic heterocycles. The van der Waals surface area contributed by atoms with Crippen LogP contribution in [-0.2, 0) is 19.3 Å². The van der Waals surface area contributed by atoms with Crippen LogP contribution in [0.15, 0.2) is 46.9 Å². The first kappa shape index (κ1) is 13.8. The molecule has 0 saturated carbocycles. The van der Waals surface area contributed by atoms with Gasteiger partial charge in [0.2, 0.25) is 0 Å². The van der Waals surface area contributed by atoms with Crippen molar-refractivity contribution in [1.82, 2.24) is 0 Å². The predicted molar refractivity (Wildman–Crippen MR) is 86.1 cm³/mol. The molecule has 20 heavy (non-hydrogen) atoms. The van der Waals surface area contributed by atoms with Gasteiger partial charge in [0.15, 0.2) is 0 Å². The Morgan fingerprint density at radius 2 is 1.85 bits per heavy atom. The lowest BCUT2D eigenvalue weighted by Crippen LogP contribution is -2.08. The van der Waals surface area contributed by atoms with E-state index in [0.717, 1.165) is 10.9 Å². The van der Waals surface area contributed by atoms with E-state index in [1.807, 2.05) is 18.2 Å². The highest BCUT2D eigenvalue weighted by molar-refractivity contribution is 9.10. The standard InChI is InChI=1S/C18H19BrO/c19-18-7-2-1-6-17(18)16(12-20)11-13-8-9-14-4-3-5-15(14)10-13/h1-2,6-10,16,20H,3-5,11-12H2. The number of benzene rings is 2. The van der Waals surface area contributed by atoms with Crippen molar-refractivity contribution >= 4 is 15.9 Å². The van der Waals surface area contributed by atoms with E-state index in [-0.39, 0.29) is 12.5 Å². The molecule has 0 saturated heterocycles. The Labute approximate surface area is 128 Å². The van der Waals surface area contributed by atoms with Crippen LogP contribution in [0.4, 0.5) is 0 Å². The molecule has 1 aliphatic carbocycles. The second-order valence-electron chi connectivity index (χ2n) is 5.56. The van der Waals surface area contributed by atoms with Gasteiger partial charge in [-0.25, -0.2) is 0 Å². The number of hydrogen-bond acceptors (Lipinski definition) is 1. The van der Waals surface area contributed by atoms with Crippen molar-refractivity contribution in [2.75, 3.05) is 6.61 Å². The molecule has 0 heterocycles. The maximum Gasteiger partial charge on any atom is 0.0503 e. The summed E-state index contributed by atoms with van der Waals surface area (Å²) in [7, 11) is 0. The minimum absolute atomic E-state index is 0.157. The van der Waals surface area contributed by atoms with Crippen LogP contribution >= 0.6 is 15.9 Å². The third kappa shape index (κ3) is 2.82. The molecule has 104 valence electrons. The molecule has 0 amide bonds. The fourth-order valence-corrected chi connectivity index (χ4v) is 3.72. The van der Waals surface area contributed by atoms with E-state index >= 15 is 0 Å². The summed E-state index contributed by atoms with van der Waals surface area (Å²) in [4.78, 5) is 0. The van der Waals surface area contributed by atoms with Crippen molar-refractivity contribution in [2.45, 2.75) is 31.6 Å². The molecule has 0 aliphatic heterocycles. The molecule has 1 aliphatic rings. The molecule has 0 fully saturated rings. The highest BCUT2D eigenvalue weighted by Crippen LogP contribution is 2.29. The van der Waals surface area contributed by atoms with Gasteiger partial charge in [-0.1, -0.05) is 52.3 Å². The number of rotatable bonds is 4. The third-order valence-corrected chi connectivity index (χ3v) is 4.93. The zero-order valence-electron chi connectivity index (χ0n) is 11.5. The smallest absolute Gasteiger partial charge is 0.0503 e. The van der Waals surface area contributed by atoms with Crippen LogP contribution in [0.3, 0.4) is 0 Å². The van der Waals surface area contributed by atoms with Crippen LogP contribution < -0.4 is 0 Å². The van der Waals surface area contributed by atoms with Gasteiger partial charge in [-0.15, -0.1) is 0 Å². The molecule has 1 nitrogen and oxygen atoms in total. The van der Waals surface area contributed by atoms with Crippen molar-refractivity contribution in [1.29, 1.82) is 0 Å². The minimum atomic E-state index is 0.157. The van der Waals surface area contributed by atoms with Gasteiger partial charge >= 0.3 is 0 Å². The minimum Gasteiger partial charge on any atom is -0.396 e. The number of hydrogen-bond donors (Lipinski definition) is 1. The first-order chi connectivity index (χ1) is 9.78. The van der Waals surface area contributed by atoms with Gasteiger partial charge in [0.1, 0.15) is 0 Å². The lowest BCUT2D eigenvalue weighted by molar-refractivity contribution is 0.264. The summed E-state index contributed by atoms with van der Waals surface area (Å²) in [5.41, 5.74) is 5.54. The van der Waals surface area contributed by atoms with Crippen molar-refractivity contribution in [2.24, 2.45) is 0 Å². The van der Waals surface area contributed by atoms with Crippen LogP contribution in [0, 0.1) is 0 Å². The van der Waals surface area contributed by atoms with E-state index in [0.29, 0.717) is 0 Å². The second-order valence-corrected chi connectivity index (χ2v) is 6.42. The molecule has 0 radical (unpaired) electrons. The Bertz CT molecular complexity index is 606. The van der Waals surface area contributed by atoms with Gasteiger partial charge in [0.25, 0.3) is 0 Å². The fourth-order valence-electron chi connectivity index (χ4n) is 3.12. The van der Waals surface area contributed by atoms with E-state index in [4.69, 9.17) is 0 Å². The first-order valence-corrected chi connectivity index (χ1v) is 8.03. The van der Waals surface area contributed by atoms with Gasteiger partial charge in [-0.3, -0.25) is 0 Å². The van der Waals surface area contributed by atoms with E-state index in [9.17, 15) is 5.11 Å². The molecule has 0 spiro atoms. The summed E-state index contributed by atoms with van der Waals surface area (Å²) in [6.07, 6.45) is 4.62. The Morgan fingerprint density at radius 1 is 1.05 bits per heavy atom. The summed E-state index contributed by atoms with van der Waals surface area (Å²) >= 11 is 3.59. The molecule has 1 atom stereocenters. The van der Waals surface area contributed by atoms with Crippen molar-refractivity contribution in [3.8, 4) is 0 Å². The SMILES string of the molecule is OCC(Cc1ccc2c(c1)CCC2)c1ccccc1Br. The summed E-state index contributed by atoms with van der Waals surface area (Å²) in [6, 6.07) is 15.0. The van der Waals surface area contributed by atoms with E-state index < -0.39 is 0 Å². The molecule has 2 heteroatoms. The molecule has 1 N–H and O–H groups in total. The third-order valence-electron chi connectivity index (χ3n) is 4.21. The maximum absolute atomic E-state index is 9.74. The highest BCUT2D eigenvalue weighted by atomic mass is 79.9. The second kappa shape index (κ2) is 6.11. The van der Waals surface area contributed by atoms with Gasteiger partial charge in [-0.05, 0) is 54.0 Å². The van der Waals surface area contributed by atoms with Crippen LogP contribution in [0.2, 0.25) is 0 Å². The number of aliphatic hydroxyl groups excluding tert-OH is 1. The van der Waals surface area contributed by atoms with E-state index in [1.54, 1.807) is 0 Å². The Balaban J connectivity index is 1.83. The van der Waals surface area contributed by atoms with Gasteiger partial charge in [0.05, 0.1) is 6.61 Å². The summed E-state index contributed by atoms with van der Waals surface area (Å²) in [5, 5.41) is 9.74.